The summed E-state index contributed by atoms with van der Waals surface area (Å²) in [5, 5.41) is 0. The van der Waals surface area contributed by atoms with Gasteiger partial charge in [0, 0.05) is 32.5 Å². The van der Waals surface area contributed by atoms with Gasteiger partial charge in [0.25, 0.3) is 0 Å². The first-order valence-electron chi connectivity index (χ1n) is 6.16. The molecule has 4 nitrogen and oxygen atoms in total. The third-order valence-electron chi connectivity index (χ3n) is 2.72. The van der Waals surface area contributed by atoms with E-state index in [0.29, 0.717) is 18.6 Å². The first kappa shape index (κ1) is 14.6. The summed E-state index contributed by atoms with van der Waals surface area (Å²) in [7, 11) is 1.64. The van der Waals surface area contributed by atoms with Gasteiger partial charge < -0.3 is 9.47 Å². The van der Waals surface area contributed by atoms with E-state index >= 15 is 0 Å². The molecule has 0 amide bonds. The molecule has 0 aliphatic heterocycles. The second kappa shape index (κ2) is 7.11. The molecule has 0 fully saturated rings. The van der Waals surface area contributed by atoms with E-state index in [9.17, 15) is 4.79 Å². The van der Waals surface area contributed by atoms with Crippen LogP contribution in [-0.2, 0) is 9.47 Å². The molecule has 0 saturated heterocycles. The van der Waals surface area contributed by atoms with Gasteiger partial charge in [0.1, 0.15) is 6.10 Å². The van der Waals surface area contributed by atoms with Crippen LogP contribution in [0.15, 0.2) is 18.5 Å². The summed E-state index contributed by atoms with van der Waals surface area (Å²) in [6.07, 6.45) is 3.82. The van der Waals surface area contributed by atoms with Gasteiger partial charge in [0.15, 0.2) is 0 Å². The smallest absolute Gasteiger partial charge is 0.339 e. The van der Waals surface area contributed by atoms with Gasteiger partial charge in [-0.3, -0.25) is 4.98 Å². The summed E-state index contributed by atoms with van der Waals surface area (Å²) in [5.41, 5.74) is 1.44. The van der Waals surface area contributed by atoms with Crippen molar-refractivity contribution in [1.29, 1.82) is 0 Å². The van der Waals surface area contributed by atoms with Crippen molar-refractivity contribution in [3.63, 3.8) is 0 Å². The molecule has 0 aromatic carbocycles. The van der Waals surface area contributed by atoms with E-state index in [1.807, 2.05) is 20.8 Å². The van der Waals surface area contributed by atoms with Crippen LogP contribution < -0.4 is 0 Å². The monoisotopic (exact) mass is 251 g/mol. The lowest BCUT2D eigenvalue weighted by molar-refractivity contribution is 0.00826. The van der Waals surface area contributed by atoms with E-state index in [0.717, 1.165) is 5.56 Å². The Hall–Kier alpha value is -1.42. The molecule has 100 valence electrons. The highest BCUT2D eigenvalue weighted by molar-refractivity contribution is 5.89. The summed E-state index contributed by atoms with van der Waals surface area (Å²) in [4.78, 5) is 16.0. The molecule has 1 aromatic rings. The number of aryl methyl sites for hydroxylation is 1. The Balaban J connectivity index is 2.66. The number of esters is 1. The lowest BCUT2D eigenvalue weighted by atomic mass is 10.0. The van der Waals surface area contributed by atoms with Crippen LogP contribution in [0, 0.1) is 12.8 Å². The summed E-state index contributed by atoms with van der Waals surface area (Å²) >= 11 is 0. The average molecular weight is 251 g/mol. The lowest BCUT2D eigenvalue weighted by Gasteiger charge is -2.21. The standard InChI is InChI=1S/C14H21NO3/c1-10(2)13(5-6-17-4)18-14(16)12-7-11(3)8-15-9-12/h7-10,13H,5-6H2,1-4H3. The van der Waals surface area contributed by atoms with Crippen molar-refractivity contribution in [2.24, 2.45) is 5.92 Å². The zero-order valence-electron chi connectivity index (χ0n) is 11.5. The second-order valence-corrected chi connectivity index (χ2v) is 4.72. The first-order valence-corrected chi connectivity index (χ1v) is 6.16. The van der Waals surface area contributed by atoms with Crippen LogP contribution in [0.5, 0.6) is 0 Å². The van der Waals surface area contributed by atoms with Crippen molar-refractivity contribution in [2.45, 2.75) is 33.3 Å². The fourth-order valence-corrected chi connectivity index (χ4v) is 1.63. The normalized spacial score (nSPS) is 12.5. The van der Waals surface area contributed by atoms with Gasteiger partial charge in [-0.25, -0.2) is 4.79 Å². The number of ether oxygens (including phenoxy) is 2. The fraction of sp³-hybridized carbons (Fsp3) is 0.571. The topological polar surface area (TPSA) is 48.4 Å². The van der Waals surface area contributed by atoms with Crippen LogP contribution >= 0.6 is 0 Å². The number of rotatable bonds is 6. The maximum atomic E-state index is 12.0. The van der Waals surface area contributed by atoms with E-state index in [1.165, 1.54) is 6.20 Å². The Morgan fingerprint density at radius 1 is 1.39 bits per heavy atom. The minimum absolute atomic E-state index is 0.127. The molecule has 18 heavy (non-hydrogen) atoms. The van der Waals surface area contributed by atoms with Crippen LogP contribution in [0.4, 0.5) is 0 Å². The zero-order valence-corrected chi connectivity index (χ0v) is 11.5. The predicted octanol–water partition coefficient (Wildman–Crippen LogP) is 2.61. The Kier molecular flexibility index (Phi) is 5.78. The Bertz CT molecular complexity index is 390. The summed E-state index contributed by atoms with van der Waals surface area (Å²) < 4.78 is 10.5. The molecule has 0 radical (unpaired) electrons. The van der Waals surface area contributed by atoms with Gasteiger partial charge in [0.05, 0.1) is 5.56 Å². The number of pyridine rings is 1. The van der Waals surface area contributed by atoms with Gasteiger partial charge in [-0.1, -0.05) is 13.8 Å². The summed E-state index contributed by atoms with van der Waals surface area (Å²) in [6.45, 7) is 6.54. The molecule has 1 unspecified atom stereocenters. The van der Waals surface area contributed by atoms with Gasteiger partial charge in [-0.2, -0.15) is 0 Å². The fourth-order valence-electron chi connectivity index (χ4n) is 1.63. The zero-order chi connectivity index (χ0) is 13.5. The van der Waals surface area contributed by atoms with E-state index in [1.54, 1.807) is 19.4 Å². The molecule has 1 rings (SSSR count). The Morgan fingerprint density at radius 3 is 2.67 bits per heavy atom. The molecule has 0 bridgehead atoms. The molecule has 0 saturated carbocycles. The highest BCUT2D eigenvalue weighted by Crippen LogP contribution is 2.14. The third-order valence-corrected chi connectivity index (χ3v) is 2.72. The summed E-state index contributed by atoms with van der Waals surface area (Å²) in [6, 6.07) is 1.78. The highest BCUT2D eigenvalue weighted by Gasteiger charge is 2.19. The third kappa shape index (κ3) is 4.45. The highest BCUT2D eigenvalue weighted by atomic mass is 16.5. The van der Waals surface area contributed by atoms with Crippen molar-refractivity contribution in [1.82, 2.24) is 4.98 Å². The van der Waals surface area contributed by atoms with E-state index < -0.39 is 0 Å². The van der Waals surface area contributed by atoms with E-state index in [-0.39, 0.29) is 18.0 Å². The van der Waals surface area contributed by atoms with Crippen molar-refractivity contribution < 1.29 is 14.3 Å². The number of carbonyl (C=O) groups is 1. The van der Waals surface area contributed by atoms with Gasteiger partial charge in [-0.05, 0) is 24.5 Å². The molecular weight excluding hydrogens is 230 g/mol. The Labute approximate surface area is 108 Å². The van der Waals surface area contributed by atoms with Gasteiger partial charge in [0.2, 0.25) is 0 Å². The number of nitrogens with zero attached hydrogens (tertiary/aromatic N) is 1. The minimum Gasteiger partial charge on any atom is -0.458 e. The molecule has 0 spiro atoms. The SMILES string of the molecule is COCCC(OC(=O)c1cncc(C)c1)C(C)C. The lowest BCUT2D eigenvalue weighted by Crippen LogP contribution is -2.25. The number of carbonyl (C=O) groups excluding carboxylic acids is 1. The largest absolute Gasteiger partial charge is 0.458 e. The molecule has 1 aromatic heterocycles. The molecule has 1 heterocycles. The number of methoxy groups -OCH3 is 1. The minimum atomic E-state index is -0.319. The van der Waals surface area contributed by atoms with Crippen molar-refractivity contribution in [3.8, 4) is 0 Å². The average Bonchev–Trinajstić information content (AvgIpc) is 2.33. The van der Waals surface area contributed by atoms with Crippen LogP contribution in [0.2, 0.25) is 0 Å². The van der Waals surface area contributed by atoms with Gasteiger partial charge in [-0.15, -0.1) is 0 Å². The molecule has 4 heteroatoms. The summed E-state index contributed by atoms with van der Waals surface area (Å²) in [5.74, 6) is -0.0529. The van der Waals surface area contributed by atoms with Crippen molar-refractivity contribution >= 4 is 5.97 Å². The van der Waals surface area contributed by atoms with Gasteiger partial charge >= 0.3 is 5.97 Å². The van der Waals surface area contributed by atoms with E-state index in [4.69, 9.17) is 9.47 Å². The van der Waals surface area contributed by atoms with Crippen LogP contribution in [0.3, 0.4) is 0 Å². The molecular formula is C14H21NO3. The van der Waals surface area contributed by atoms with Crippen LogP contribution in [0.25, 0.3) is 0 Å². The first-order chi connectivity index (χ1) is 8.54. The predicted molar refractivity (Wildman–Crippen MR) is 69.5 cm³/mol. The molecule has 0 aliphatic rings. The second-order valence-electron chi connectivity index (χ2n) is 4.72. The van der Waals surface area contributed by atoms with E-state index in [2.05, 4.69) is 4.98 Å². The molecule has 0 N–H and O–H groups in total. The quantitative estimate of drug-likeness (QED) is 0.729. The number of aromatic nitrogens is 1. The molecule has 0 aliphatic carbocycles. The number of hydrogen-bond donors (Lipinski definition) is 0. The van der Waals surface area contributed by atoms with Crippen LogP contribution in [-0.4, -0.2) is 30.8 Å². The maximum absolute atomic E-state index is 12.0. The van der Waals surface area contributed by atoms with Crippen molar-refractivity contribution in [2.75, 3.05) is 13.7 Å². The van der Waals surface area contributed by atoms with Crippen LogP contribution in [0.1, 0.15) is 36.2 Å². The Morgan fingerprint density at radius 2 is 2.11 bits per heavy atom. The molecule has 1 atom stereocenters. The van der Waals surface area contributed by atoms with Crippen molar-refractivity contribution in [3.05, 3.63) is 29.6 Å². The number of hydrogen-bond acceptors (Lipinski definition) is 4. The maximum Gasteiger partial charge on any atom is 0.339 e.